The summed E-state index contributed by atoms with van der Waals surface area (Å²) in [5.41, 5.74) is 4.96. The van der Waals surface area contributed by atoms with Crippen molar-refractivity contribution >= 4 is 50.5 Å². The van der Waals surface area contributed by atoms with Crippen LogP contribution in [0.4, 0.5) is 0 Å². The first-order valence-electron chi connectivity index (χ1n) is 9.50. The highest BCUT2D eigenvalue weighted by molar-refractivity contribution is 7.23. The Bertz CT molecular complexity index is 1370. The van der Waals surface area contributed by atoms with Gasteiger partial charge in [0.25, 0.3) is 0 Å². The predicted molar refractivity (Wildman–Crippen MR) is 120 cm³/mol. The Labute approximate surface area is 169 Å². The highest BCUT2D eigenvalue weighted by atomic mass is 32.1. The monoisotopic (exact) mass is 403 g/mol. The SMILES string of the molecule is Cc1c(-c2c3c(cc[n+]2C)sc2ncnn23)cc([Si](C)(C)C)c2ccccc12. The number of hydrogen-bond donors (Lipinski definition) is 0. The fourth-order valence-electron chi connectivity index (χ4n) is 4.16. The van der Waals surface area contributed by atoms with Crippen molar-refractivity contribution in [3.63, 3.8) is 0 Å². The number of hydrogen-bond acceptors (Lipinski definition) is 3. The summed E-state index contributed by atoms with van der Waals surface area (Å²) in [6, 6.07) is 13.4. The molecule has 28 heavy (non-hydrogen) atoms. The maximum absolute atomic E-state index is 4.51. The second-order valence-electron chi connectivity index (χ2n) is 8.44. The molecule has 0 aliphatic carbocycles. The summed E-state index contributed by atoms with van der Waals surface area (Å²) < 4.78 is 5.42. The van der Waals surface area contributed by atoms with Crippen LogP contribution in [0.5, 0.6) is 0 Å². The topological polar surface area (TPSA) is 34.1 Å². The molecule has 0 saturated heterocycles. The molecule has 3 aromatic heterocycles. The lowest BCUT2D eigenvalue weighted by atomic mass is 9.97. The quantitative estimate of drug-likeness (QED) is 0.322. The third-order valence-corrected chi connectivity index (χ3v) is 8.61. The zero-order valence-electron chi connectivity index (χ0n) is 16.8. The standard InChI is InChI=1S/C22H23N4SSi/c1-14-15-8-6-7-9-16(15)19(28(3,4)5)12-17(14)20-21-18(10-11-25(20)2)27-22-23-13-24-26(21)22/h6-13H,1-5H3/q+1. The smallest absolute Gasteiger partial charge is 0.206 e. The molecule has 0 fully saturated rings. The van der Waals surface area contributed by atoms with Crippen LogP contribution in [0.1, 0.15) is 5.56 Å². The fourth-order valence-corrected chi connectivity index (χ4v) is 6.69. The van der Waals surface area contributed by atoms with Gasteiger partial charge < -0.3 is 0 Å². The van der Waals surface area contributed by atoms with Crippen LogP contribution in [-0.2, 0) is 7.05 Å². The number of fused-ring (bicyclic) bond motifs is 4. The molecule has 0 unspecified atom stereocenters. The molecule has 4 nitrogen and oxygen atoms in total. The molecule has 5 aromatic rings. The van der Waals surface area contributed by atoms with Gasteiger partial charge in [0.15, 0.2) is 11.7 Å². The molecular weight excluding hydrogens is 380 g/mol. The fraction of sp³-hybridized carbons (Fsp3) is 0.227. The van der Waals surface area contributed by atoms with Gasteiger partial charge in [-0.15, -0.1) is 0 Å². The van der Waals surface area contributed by atoms with Gasteiger partial charge >= 0.3 is 0 Å². The normalized spacial score (nSPS) is 12.5. The number of benzene rings is 2. The van der Waals surface area contributed by atoms with E-state index in [2.05, 4.69) is 90.9 Å². The molecule has 0 amide bonds. The van der Waals surface area contributed by atoms with E-state index in [-0.39, 0.29) is 0 Å². The highest BCUT2D eigenvalue weighted by Crippen LogP contribution is 2.34. The van der Waals surface area contributed by atoms with E-state index in [0.29, 0.717) is 0 Å². The van der Waals surface area contributed by atoms with Gasteiger partial charge in [0.2, 0.25) is 10.7 Å². The molecule has 0 aliphatic heterocycles. The molecule has 5 rings (SSSR count). The molecule has 0 radical (unpaired) electrons. The van der Waals surface area contributed by atoms with E-state index in [4.69, 9.17) is 0 Å². The number of aryl methyl sites for hydroxylation is 2. The maximum Gasteiger partial charge on any atom is 0.240 e. The van der Waals surface area contributed by atoms with Gasteiger partial charge in [-0.1, -0.05) is 60.4 Å². The van der Waals surface area contributed by atoms with Crippen molar-refractivity contribution in [3.8, 4) is 11.3 Å². The van der Waals surface area contributed by atoms with Crippen molar-refractivity contribution in [3.05, 3.63) is 54.5 Å². The Kier molecular flexibility index (Phi) is 3.73. The summed E-state index contributed by atoms with van der Waals surface area (Å²) in [6.07, 6.45) is 3.79. The van der Waals surface area contributed by atoms with Crippen molar-refractivity contribution < 1.29 is 4.57 Å². The Morgan fingerprint density at radius 2 is 1.82 bits per heavy atom. The van der Waals surface area contributed by atoms with Crippen molar-refractivity contribution in [2.75, 3.05) is 0 Å². The zero-order chi connectivity index (χ0) is 19.6. The lowest BCUT2D eigenvalue weighted by molar-refractivity contribution is -0.659. The molecule has 140 valence electrons. The van der Waals surface area contributed by atoms with Crippen molar-refractivity contribution in [2.45, 2.75) is 26.6 Å². The molecule has 0 atom stereocenters. The van der Waals surface area contributed by atoms with Gasteiger partial charge in [-0.2, -0.15) is 14.2 Å². The predicted octanol–water partition coefficient (Wildman–Crippen LogP) is 4.44. The molecule has 0 N–H and O–H groups in total. The van der Waals surface area contributed by atoms with E-state index >= 15 is 0 Å². The third-order valence-electron chi connectivity index (χ3n) is 5.57. The lowest BCUT2D eigenvalue weighted by Crippen LogP contribution is -2.39. The first kappa shape index (κ1) is 17.5. The Morgan fingerprint density at radius 3 is 2.57 bits per heavy atom. The van der Waals surface area contributed by atoms with E-state index in [1.54, 1.807) is 17.7 Å². The van der Waals surface area contributed by atoms with Crippen molar-refractivity contribution in [1.82, 2.24) is 14.6 Å². The van der Waals surface area contributed by atoms with Crippen LogP contribution in [0.2, 0.25) is 19.6 Å². The second kappa shape index (κ2) is 5.96. The Morgan fingerprint density at radius 1 is 1.07 bits per heavy atom. The molecule has 3 heterocycles. The average molecular weight is 404 g/mol. The molecule has 0 saturated carbocycles. The number of thiazole rings is 1. The largest absolute Gasteiger partial charge is 0.240 e. The van der Waals surface area contributed by atoms with Gasteiger partial charge in [-0.05, 0) is 29.3 Å². The van der Waals surface area contributed by atoms with Gasteiger partial charge in [-0.25, -0.2) is 4.98 Å². The number of pyridine rings is 1. The van der Waals surface area contributed by atoms with Crippen LogP contribution in [-0.4, -0.2) is 22.7 Å². The van der Waals surface area contributed by atoms with E-state index in [1.807, 2.05) is 4.52 Å². The van der Waals surface area contributed by atoms with Gasteiger partial charge in [0.1, 0.15) is 13.4 Å². The van der Waals surface area contributed by atoms with Crippen LogP contribution in [0, 0.1) is 6.92 Å². The molecule has 6 heteroatoms. The van der Waals surface area contributed by atoms with Crippen LogP contribution in [0.25, 0.3) is 37.2 Å². The number of nitrogens with zero attached hydrogens (tertiary/aromatic N) is 4. The zero-order valence-corrected chi connectivity index (χ0v) is 18.6. The molecule has 0 bridgehead atoms. The number of rotatable bonds is 2. The van der Waals surface area contributed by atoms with Crippen molar-refractivity contribution in [1.29, 1.82) is 0 Å². The Balaban J connectivity index is 1.98. The maximum atomic E-state index is 4.51. The lowest BCUT2D eigenvalue weighted by Gasteiger charge is -2.22. The molecule has 0 aliphatic rings. The number of aromatic nitrogens is 4. The van der Waals surface area contributed by atoms with E-state index < -0.39 is 8.07 Å². The Hall–Kier alpha value is -2.57. The first-order valence-corrected chi connectivity index (χ1v) is 13.8. The average Bonchev–Trinajstić information content (AvgIpc) is 3.23. The van der Waals surface area contributed by atoms with Crippen LogP contribution < -0.4 is 9.75 Å². The summed E-state index contributed by atoms with van der Waals surface area (Å²) in [7, 11) is 0.587. The van der Waals surface area contributed by atoms with Crippen LogP contribution in [0.3, 0.4) is 0 Å². The third kappa shape index (κ3) is 2.44. The summed E-state index contributed by atoms with van der Waals surface area (Å²) >= 11 is 1.69. The van der Waals surface area contributed by atoms with Gasteiger partial charge in [-0.3, -0.25) is 0 Å². The summed E-state index contributed by atoms with van der Waals surface area (Å²) in [6.45, 7) is 9.52. The minimum atomic E-state index is -1.54. The second-order valence-corrected chi connectivity index (χ2v) is 14.5. The van der Waals surface area contributed by atoms with E-state index in [9.17, 15) is 0 Å². The first-order chi connectivity index (χ1) is 13.4. The molecule has 0 spiro atoms. The molecule has 2 aromatic carbocycles. The summed E-state index contributed by atoms with van der Waals surface area (Å²) in [4.78, 5) is 5.35. The molecular formula is C22H23N4SSi+. The minimum Gasteiger partial charge on any atom is -0.206 e. The highest BCUT2D eigenvalue weighted by Gasteiger charge is 2.27. The van der Waals surface area contributed by atoms with E-state index in [1.165, 1.54) is 37.5 Å². The van der Waals surface area contributed by atoms with Crippen LogP contribution >= 0.6 is 11.3 Å². The summed E-state index contributed by atoms with van der Waals surface area (Å²) in [5, 5.41) is 8.76. The van der Waals surface area contributed by atoms with Gasteiger partial charge in [0, 0.05) is 6.07 Å². The summed E-state index contributed by atoms with van der Waals surface area (Å²) in [5.74, 6) is 0. The minimum absolute atomic E-state index is 0.936. The van der Waals surface area contributed by atoms with E-state index in [0.717, 1.165) is 10.5 Å². The van der Waals surface area contributed by atoms with Gasteiger partial charge in [0.05, 0.1) is 18.3 Å². The van der Waals surface area contributed by atoms with Crippen molar-refractivity contribution in [2.24, 2.45) is 7.05 Å². The van der Waals surface area contributed by atoms with Crippen LogP contribution in [0.15, 0.2) is 48.9 Å².